The van der Waals surface area contributed by atoms with Gasteiger partial charge in [0.2, 0.25) is 5.91 Å². The third-order valence-corrected chi connectivity index (χ3v) is 2.99. The third-order valence-electron chi connectivity index (χ3n) is 2.99. The van der Waals surface area contributed by atoms with Crippen LogP contribution in [-0.4, -0.2) is 5.91 Å². The van der Waals surface area contributed by atoms with E-state index < -0.39 is 0 Å². The summed E-state index contributed by atoms with van der Waals surface area (Å²) in [5.41, 5.74) is 3.20. The molecule has 0 atom stereocenters. The fourth-order valence-electron chi connectivity index (χ4n) is 1.90. The van der Waals surface area contributed by atoms with Gasteiger partial charge in [0.25, 0.3) is 0 Å². The van der Waals surface area contributed by atoms with Crippen molar-refractivity contribution in [2.75, 3.05) is 5.32 Å². The van der Waals surface area contributed by atoms with Gasteiger partial charge in [0.05, 0.1) is 0 Å². The van der Waals surface area contributed by atoms with Gasteiger partial charge < -0.3 is 10.1 Å². The van der Waals surface area contributed by atoms with E-state index in [-0.39, 0.29) is 5.91 Å². The zero-order chi connectivity index (χ0) is 14.4. The van der Waals surface area contributed by atoms with E-state index in [1.54, 1.807) is 0 Å². The van der Waals surface area contributed by atoms with Crippen LogP contribution in [0.4, 0.5) is 5.69 Å². The van der Waals surface area contributed by atoms with Crippen molar-refractivity contribution < 1.29 is 9.53 Å². The number of aryl methyl sites for hydroxylation is 1. The van der Waals surface area contributed by atoms with Gasteiger partial charge in [-0.05, 0) is 29.7 Å². The van der Waals surface area contributed by atoms with Crippen LogP contribution in [0.15, 0.2) is 48.5 Å². The summed E-state index contributed by atoms with van der Waals surface area (Å²) in [5.74, 6) is 0.660. The third kappa shape index (κ3) is 4.12. The number of rotatable bonds is 5. The number of benzene rings is 2. The molecule has 0 bridgehead atoms. The normalized spacial score (nSPS) is 10.1. The summed E-state index contributed by atoms with van der Waals surface area (Å²) in [4.78, 5) is 11.0. The van der Waals surface area contributed by atoms with Gasteiger partial charge in [0.1, 0.15) is 12.4 Å². The molecule has 0 saturated heterocycles. The molecule has 0 aliphatic heterocycles. The maximum atomic E-state index is 11.0. The maximum Gasteiger partial charge on any atom is 0.221 e. The second kappa shape index (κ2) is 6.75. The van der Waals surface area contributed by atoms with E-state index >= 15 is 0 Å². The molecule has 1 N–H and O–H groups in total. The molecule has 3 heteroatoms. The lowest BCUT2D eigenvalue weighted by Crippen LogP contribution is -2.05. The van der Waals surface area contributed by atoms with Crippen molar-refractivity contribution in [1.82, 2.24) is 0 Å². The van der Waals surface area contributed by atoms with Gasteiger partial charge in [-0.3, -0.25) is 4.79 Å². The summed E-state index contributed by atoms with van der Waals surface area (Å²) in [6.45, 7) is 4.15. The second-order valence-electron chi connectivity index (χ2n) is 4.67. The topological polar surface area (TPSA) is 38.3 Å². The Morgan fingerprint density at radius 2 is 1.80 bits per heavy atom. The molecule has 0 fully saturated rings. The Balaban J connectivity index is 1.97. The highest BCUT2D eigenvalue weighted by atomic mass is 16.5. The fourth-order valence-corrected chi connectivity index (χ4v) is 1.90. The van der Waals surface area contributed by atoms with Crippen LogP contribution in [-0.2, 0) is 17.8 Å². The van der Waals surface area contributed by atoms with Crippen LogP contribution in [0, 0.1) is 0 Å². The van der Waals surface area contributed by atoms with Crippen LogP contribution in [0.1, 0.15) is 25.0 Å². The molecular formula is C17H19NO2. The van der Waals surface area contributed by atoms with E-state index in [1.807, 2.05) is 24.3 Å². The quantitative estimate of drug-likeness (QED) is 0.897. The minimum absolute atomic E-state index is 0.0858. The number of hydrogen-bond donors (Lipinski definition) is 1. The average molecular weight is 269 g/mol. The Kier molecular flexibility index (Phi) is 4.77. The van der Waals surface area contributed by atoms with E-state index in [0.717, 1.165) is 23.4 Å². The van der Waals surface area contributed by atoms with Crippen LogP contribution in [0.2, 0.25) is 0 Å². The summed E-state index contributed by atoms with van der Waals surface area (Å²) < 4.78 is 5.74. The Morgan fingerprint density at radius 3 is 2.45 bits per heavy atom. The van der Waals surface area contributed by atoms with Gasteiger partial charge in [-0.25, -0.2) is 0 Å². The Labute approximate surface area is 119 Å². The zero-order valence-corrected chi connectivity index (χ0v) is 11.8. The number of carbonyl (C=O) groups is 1. The predicted octanol–water partition coefficient (Wildman–Crippen LogP) is 3.79. The summed E-state index contributed by atoms with van der Waals surface area (Å²) >= 11 is 0. The van der Waals surface area contributed by atoms with Crippen LogP contribution in [0.3, 0.4) is 0 Å². The highest BCUT2D eigenvalue weighted by molar-refractivity contribution is 5.88. The van der Waals surface area contributed by atoms with Crippen molar-refractivity contribution in [1.29, 1.82) is 0 Å². The first-order valence-corrected chi connectivity index (χ1v) is 6.75. The molecule has 0 heterocycles. The van der Waals surface area contributed by atoms with Crippen LogP contribution in [0.5, 0.6) is 5.75 Å². The molecule has 0 saturated carbocycles. The first-order chi connectivity index (χ1) is 9.67. The van der Waals surface area contributed by atoms with Gasteiger partial charge in [0, 0.05) is 18.7 Å². The molecule has 2 rings (SSSR count). The Morgan fingerprint density at radius 1 is 1.10 bits per heavy atom. The number of nitrogens with one attached hydrogen (secondary N) is 1. The molecule has 20 heavy (non-hydrogen) atoms. The first-order valence-electron chi connectivity index (χ1n) is 6.75. The monoisotopic (exact) mass is 269 g/mol. The van der Waals surface area contributed by atoms with Crippen molar-refractivity contribution in [2.45, 2.75) is 26.9 Å². The molecule has 3 nitrogen and oxygen atoms in total. The lowest BCUT2D eigenvalue weighted by Gasteiger charge is -2.09. The summed E-state index contributed by atoms with van der Waals surface area (Å²) in [5, 5.41) is 2.74. The van der Waals surface area contributed by atoms with Crippen LogP contribution < -0.4 is 10.1 Å². The predicted molar refractivity (Wildman–Crippen MR) is 80.9 cm³/mol. The summed E-state index contributed by atoms with van der Waals surface area (Å²) in [7, 11) is 0. The first kappa shape index (κ1) is 14.1. The standard InChI is InChI=1S/C17H19NO2/c1-3-14-7-9-15(10-8-14)12-20-17-6-4-5-16(11-17)18-13(2)19/h4-11H,3,12H2,1-2H3,(H,18,19). The molecule has 0 spiro atoms. The molecule has 0 aliphatic carbocycles. The van der Waals surface area contributed by atoms with E-state index in [0.29, 0.717) is 6.61 Å². The lowest BCUT2D eigenvalue weighted by atomic mass is 10.1. The van der Waals surface area contributed by atoms with Crippen molar-refractivity contribution >= 4 is 11.6 Å². The van der Waals surface area contributed by atoms with E-state index in [2.05, 4.69) is 36.5 Å². The Hall–Kier alpha value is -2.29. The summed E-state index contributed by atoms with van der Waals surface area (Å²) in [6, 6.07) is 15.8. The van der Waals surface area contributed by atoms with Gasteiger partial charge in [-0.2, -0.15) is 0 Å². The van der Waals surface area contributed by atoms with E-state index in [4.69, 9.17) is 4.74 Å². The average Bonchev–Trinajstić information content (AvgIpc) is 2.45. The van der Waals surface area contributed by atoms with Crippen LogP contribution in [0.25, 0.3) is 0 Å². The van der Waals surface area contributed by atoms with E-state index in [9.17, 15) is 4.79 Å². The molecule has 0 radical (unpaired) electrons. The van der Waals surface area contributed by atoms with Crippen molar-refractivity contribution in [3.63, 3.8) is 0 Å². The van der Waals surface area contributed by atoms with Gasteiger partial charge in [-0.1, -0.05) is 37.3 Å². The smallest absolute Gasteiger partial charge is 0.221 e. The van der Waals surface area contributed by atoms with Crippen molar-refractivity contribution in [3.8, 4) is 5.75 Å². The van der Waals surface area contributed by atoms with Crippen LogP contribution >= 0.6 is 0 Å². The molecule has 0 aliphatic rings. The molecule has 2 aromatic carbocycles. The van der Waals surface area contributed by atoms with Crippen molar-refractivity contribution in [2.24, 2.45) is 0 Å². The largest absolute Gasteiger partial charge is 0.489 e. The van der Waals surface area contributed by atoms with E-state index in [1.165, 1.54) is 12.5 Å². The number of anilines is 1. The molecule has 0 aromatic heterocycles. The maximum absolute atomic E-state index is 11.0. The number of ether oxygens (including phenoxy) is 1. The van der Waals surface area contributed by atoms with Gasteiger partial charge in [-0.15, -0.1) is 0 Å². The lowest BCUT2D eigenvalue weighted by molar-refractivity contribution is -0.114. The summed E-state index contributed by atoms with van der Waals surface area (Å²) in [6.07, 6.45) is 1.04. The Bertz CT molecular complexity index is 576. The number of hydrogen-bond acceptors (Lipinski definition) is 2. The number of carbonyl (C=O) groups excluding carboxylic acids is 1. The highest BCUT2D eigenvalue weighted by Gasteiger charge is 2.00. The fraction of sp³-hybridized carbons (Fsp3) is 0.235. The number of amides is 1. The molecule has 1 amide bonds. The van der Waals surface area contributed by atoms with Gasteiger partial charge >= 0.3 is 0 Å². The minimum atomic E-state index is -0.0858. The van der Waals surface area contributed by atoms with Gasteiger partial charge in [0.15, 0.2) is 0 Å². The zero-order valence-electron chi connectivity index (χ0n) is 11.8. The molecular weight excluding hydrogens is 250 g/mol. The SMILES string of the molecule is CCc1ccc(COc2cccc(NC(C)=O)c2)cc1. The highest BCUT2D eigenvalue weighted by Crippen LogP contribution is 2.18. The minimum Gasteiger partial charge on any atom is -0.489 e. The molecule has 2 aromatic rings. The molecule has 0 unspecified atom stereocenters. The van der Waals surface area contributed by atoms with Crippen molar-refractivity contribution in [3.05, 3.63) is 59.7 Å². The second-order valence-corrected chi connectivity index (χ2v) is 4.67. The molecule has 104 valence electrons.